The van der Waals surface area contributed by atoms with E-state index in [0.717, 1.165) is 17.0 Å². The first-order valence-electron chi connectivity index (χ1n) is 7.51. The van der Waals surface area contributed by atoms with Crippen molar-refractivity contribution in [1.82, 2.24) is 15.6 Å². The first-order chi connectivity index (χ1) is 10.8. The highest BCUT2D eigenvalue weighted by Gasteiger charge is 2.28. The van der Waals surface area contributed by atoms with Crippen LogP contribution in [0.4, 0.5) is 4.79 Å². The van der Waals surface area contributed by atoms with Gasteiger partial charge in [0, 0.05) is 11.8 Å². The Morgan fingerprint density at radius 2 is 2.09 bits per heavy atom. The second-order valence-corrected chi connectivity index (χ2v) is 5.90. The fourth-order valence-electron chi connectivity index (χ4n) is 2.44. The molecular formula is C17H23N3O3. The molecule has 0 aliphatic carbocycles. The molecule has 0 spiro atoms. The second-order valence-electron chi connectivity index (χ2n) is 5.90. The van der Waals surface area contributed by atoms with Crippen molar-refractivity contribution in [1.29, 1.82) is 0 Å². The summed E-state index contributed by atoms with van der Waals surface area (Å²) in [5.74, 6) is 1.38. The van der Waals surface area contributed by atoms with Crippen LogP contribution in [0, 0.1) is 20.8 Å². The number of urea groups is 1. The van der Waals surface area contributed by atoms with Crippen LogP contribution in [0.2, 0.25) is 0 Å². The lowest BCUT2D eigenvalue weighted by Crippen LogP contribution is -2.43. The van der Waals surface area contributed by atoms with Crippen LogP contribution in [0.5, 0.6) is 0 Å². The molecule has 0 aliphatic heterocycles. The lowest BCUT2D eigenvalue weighted by molar-refractivity contribution is 0.0579. The van der Waals surface area contributed by atoms with Gasteiger partial charge in [0.2, 0.25) is 0 Å². The number of nitrogens with zero attached hydrogens (tertiary/aromatic N) is 1. The quantitative estimate of drug-likeness (QED) is 0.789. The van der Waals surface area contributed by atoms with Gasteiger partial charge in [-0.25, -0.2) is 4.79 Å². The molecule has 6 nitrogen and oxygen atoms in total. The van der Waals surface area contributed by atoms with Gasteiger partial charge >= 0.3 is 6.03 Å². The van der Waals surface area contributed by atoms with E-state index >= 15 is 0 Å². The van der Waals surface area contributed by atoms with Crippen LogP contribution in [-0.4, -0.2) is 22.7 Å². The third kappa shape index (κ3) is 4.32. The van der Waals surface area contributed by atoms with Gasteiger partial charge in [0.25, 0.3) is 0 Å². The molecule has 0 unspecified atom stereocenters. The van der Waals surface area contributed by atoms with E-state index in [0.29, 0.717) is 17.9 Å². The van der Waals surface area contributed by atoms with Gasteiger partial charge in [-0.3, -0.25) is 4.98 Å². The number of aromatic nitrogens is 1. The van der Waals surface area contributed by atoms with E-state index < -0.39 is 5.60 Å². The fourth-order valence-corrected chi connectivity index (χ4v) is 2.44. The maximum Gasteiger partial charge on any atom is 0.315 e. The Morgan fingerprint density at radius 3 is 2.70 bits per heavy atom. The summed E-state index contributed by atoms with van der Waals surface area (Å²) < 4.78 is 5.43. The number of rotatable bonds is 5. The lowest BCUT2D eigenvalue weighted by Gasteiger charge is -2.23. The van der Waals surface area contributed by atoms with Crippen LogP contribution in [0.15, 0.2) is 28.8 Å². The SMILES string of the molecule is Cc1cc([C@@](C)(O)CNC(=O)NCc2ncccc2C)c(C)o1. The molecule has 124 valence electrons. The first-order valence-corrected chi connectivity index (χ1v) is 7.51. The zero-order valence-electron chi connectivity index (χ0n) is 13.9. The molecule has 2 heterocycles. The summed E-state index contributed by atoms with van der Waals surface area (Å²) in [5, 5.41) is 16.0. The number of amides is 2. The predicted octanol–water partition coefficient (Wildman–Crippen LogP) is 2.31. The van der Waals surface area contributed by atoms with Crippen molar-refractivity contribution in [3.63, 3.8) is 0 Å². The van der Waals surface area contributed by atoms with E-state index in [4.69, 9.17) is 4.42 Å². The summed E-state index contributed by atoms with van der Waals surface area (Å²) >= 11 is 0. The molecule has 0 aliphatic rings. The van der Waals surface area contributed by atoms with Crippen molar-refractivity contribution in [3.05, 3.63) is 52.7 Å². The fraction of sp³-hybridized carbons (Fsp3) is 0.412. The van der Waals surface area contributed by atoms with Crippen LogP contribution >= 0.6 is 0 Å². The first kappa shape index (κ1) is 17.0. The molecular weight excluding hydrogens is 294 g/mol. The van der Waals surface area contributed by atoms with Crippen molar-refractivity contribution in [3.8, 4) is 0 Å². The van der Waals surface area contributed by atoms with Gasteiger partial charge < -0.3 is 20.2 Å². The predicted molar refractivity (Wildman–Crippen MR) is 87.0 cm³/mol. The van der Waals surface area contributed by atoms with Crippen molar-refractivity contribution in [2.45, 2.75) is 39.8 Å². The molecule has 2 rings (SSSR count). The summed E-state index contributed by atoms with van der Waals surface area (Å²) in [6.07, 6.45) is 1.69. The van der Waals surface area contributed by atoms with E-state index in [1.165, 1.54) is 0 Å². The summed E-state index contributed by atoms with van der Waals surface area (Å²) in [7, 11) is 0. The van der Waals surface area contributed by atoms with Crippen molar-refractivity contribution >= 4 is 6.03 Å². The highest BCUT2D eigenvalue weighted by molar-refractivity contribution is 5.73. The maximum atomic E-state index is 11.9. The van der Waals surface area contributed by atoms with E-state index in [-0.39, 0.29) is 12.6 Å². The zero-order chi connectivity index (χ0) is 17.0. The van der Waals surface area contributed by atoms with E-state index in [1.54, 1.807) is 26.1 Å². The molecule has 2 aromatic rings. The second kappa shape index (κ2) is 6.83. The summed E-state index contributed by atoms with van der Waals surface area (Å²) in [6.45, 7) is 7.62. The Labute approximate surface area is 135 Å². The molecule has 0 fully saturated rings. The minimum absolute atomic E-state index is 0.0832. The molecule has 6 heteroatoms. The van der Waals surface area contributed by atoms with Crippen LogP contribution in [0.25, 0.3) is 0 Å². The number of aryl methyl sites for hydroxylation is 3. The van der Waals surface area contributed by atoms with Crippen LogP contribution in [0.3, 0.4) is 0 Å². The standard InChI is InChI=1S/C17H23N3O3/c1-11-6-5-7-18-15(11)9-19-16(21)20-10-17(4,22)14-8-12(2)23-13(14)3/h5-8,22H,9-10H2,1-4H3,(H2,19,20,21)/t17-/m0/s1. The Morgan fingerprint density at radius 1 is 1.35 bits per heavy atom. The molecule has 0 saturated heterocycles. The van der Waals surface area contributed by atoms with Crippen molar-refractivity contribution in [2.24, 2.45) is 0 Å². The number of nitrogens with one attached hydrogen (secondary N) is 2. The summed E-state index contributed by atoms with van der Waals surface area (Å²) in [6, 6.07) is 5.22. The van der Waals surface area contributed by atoms with Crippen molar-refractivity contribution < 1.29 is 14.3 Å². The monoisotopic (exact) mass is 317 g/mol. The van der Waals surface area contributed by atoms with Gasteiger partial charge in [0.15, 0.2) is 0 Å². The van der Waals surface area contributed by atoms with E-state index in [1.807, 2.05) is 26.0 Å². The zero-order valence-corrected chi connectivity index (χ0v) is 13.9. The number of carbonyl (C=O) groups excluding carboxylic acids is 1. The Balaban J connectivity index is 1.89. The molecule has 0 radical (unpaired) electrons. The van der Waals surface area contributed by atoms with Gasteiger partial charge in [0.05, 0.1) is 18.8 Å². The highest BCUT2D eigenvalue weighted by atomic mass is 16.3. The third-order valence-electron chi connectivity index (χ3n) is 3.75. The number of pyridine rings is 1. The Bertz CT molecular complexity index is 692. The summed E-state index contributed by atoms with van der Waals surface area (Å²) in [5.41, 5.74) is 1.32. The average Bonchev–Trinajstić information content (AvgIpc) is 2.84. The molecule has 2 amide bonds. The molecule has 0 bridgehead atoms. The minimum atomic E-state index is -1.19. The van der Waals surface area contributed by atoms with E-state index in [2.05, 4.69) is 15.6 Å². The number of hydrogen-bond donors (Lipinski definition) is 3. The molecule has 23 heavy (non-hydrogen) atoms. The molecule has 1 atom stereocenters. The summed E-state index contributed by atoms with van der Waals surface area (Å²) in [4.78, 5) is 16.1. The lowest BCUT2D eigenvalue weighted by atomic mass is 9.96. The smallest absolute Gasteiger partial charge is 0.315 e. The average molecular weight is 317 g/mol. The van der Waals surface area contributed by atoms with E-state index in [9.17, 15) is 9.90 Å². The number of hydrogen-bond acceptors (Lipinski definition) is 4. The third-order valence-corrected chi connectivity index (χ3v) is 3.75. The number of furan rings is 1. The molecule has 3 N–H and O–H groups in total. The van der Waals surface area contributed by atoms with Gasteiger partial charge in [-0.2, -0.15) is 0 Å². The minimum Gasteiger partial charge on any atom is -0.466 e. The van der Waals surface area contributed by atoms with Crippen LogP contribution in [0.1, 0.15) is 35.3 Å². The molecule has 2 aromatic heterocycles. The van der Waals surface area contributed by atoms with Gasteiger partial charge in [0.1, 0.15) is 17.1 Å². The molecule has 0 saturated carbocycles. The highest BCUT2D eigenvalue weighted by Crippen LogP contribution is 2.26. The van der Waals surface area contributed by atoms with Gasteiger partial charge in [-0.1, -0.05) is 6.07 Å². The van der Waals surface area contributed by atoms with Crippen LogP contribution < -0.4 is 10.6 Å². The normalized spacial score (nSPS) is 13.4. The largest absolute Gasteiger partial charge is 0.466 e. The Hall–Kier alpha value is -2.34. The Kier molecular flexibility index (Phi) is 5.05. The number of aliphatic hydroxyl groups is 1. The molecule has 0 aromatic carbocycles. The van der Waals surface area contributed by atoms with Gasteiger partial charge in [-0.15, -0.1) is 0 Å². The topological polar surface area (TPSA) is 87.4 Å². The van der Waals surface area contributed by atoms with Crippen molar-refractivity contribution in [2.75, 3.05) is 6.54 Å². The van der Waals surface area contributed by atoms with Crippen LogP contribution in [-0.2, 0) is 12.1 Å². The number of carbonyl (C=O) groups is 1. The maximum absolute atomic E-state index is 11.9. The van der Waals surface area contributed by atoms with Gasteiger partial charge in [-0.05, 0) is 45.4 Å².